The van der Waals surface area contributed by atoms with E-state index in [1.807, 2.05) is 6.92 Å². The normalized spacial score (nSPS) is 11.6. The highest BCUT2D eigenvalue weighted by Crippen LogP contribution is 2.21. The van der Waals surface area contributed by atoms with Crippen LogP contribution in [-0.2, 0) is 17.8 Å². The zero-order chi connectivity index (χ0) is 14.4. The first kappa shape index (κ1) is 15.1. The van der Waals surface area contributed by atoms with E-state index in [-0.39, 0.29) is 0 Å². The third-order valence-electron chi connectivity index (χ3n) is 3.46. The van der Waals surface area contributed by atoms with Gasteiger partial charge in [-0.3, -0.25) is 0 Å². The SMILES string of the molecule is CCOCCCn1cc(CNC(C)C)c2ccccc21. The highest BCUT2D eigenvalue weighted by atomic mass is 16.5. The Bertz CT molecular complexity index is 531. The number of aromatic nitrogens is 1. The van der Waals surface area contributed by atoms with Gasteiger partial charge in [0.2, 0.25) is 0 Å². The van der Waals surface area contributed by atoms with Crippen LogP contribution in [0.3, 0.4) is 0 Å². The van der Waals surface area contributed by atoms with Crippen LogP contribution >= 0.6 is 0 Å². The van der Waals surface area contributed by atoms with Gasteiger partial charge in [0, 0.05) is 49.4 Å². The van der Waals surface area contributed by atoms with Crippen LogP contribution in [0.25, 0.3) is 10.9 Å². The van der Waals surface area contributed by atoms with Crippen LogP contribution in [0, 0.1) is 0 Å². The highest BCUT2D eigenvalue weighted by Gasteiger charge is 2.08. The molecule has 0 spiro atoms. The lowest BCUT2D eigenvalue weighted by molar-refractivity contribution is 0.142. The summed E-state index contributed by atoms with van der Waals surface area (Å²) in [4.78, 5) is 0. The maximum absolute atomic E-state index is 5.43. The van der Waals surface area contributed by atoms with Crippen molar-refractivity contribution < 1.29 is 4.74 Å². The van der Waals surface area contributed by atoms with Crippen LogP contribution in [-0.4, -0.2) is 23.8 Å². The molecule has 0 amide bonds. The number of aryl methyl sites for hydroxylation is 1. The third-order valence-corrected chi connectivity index (χ3v) is 3.46. The van der Waals surface area contributed by atoms with Crippen LogP contribution in [0.2, 0.25) is 0 Å². The average molecular weight is 274 g/mol. The van der Waals surface area contributed by atoms with Crippen molar-refractivity contribution >= 4 is 10.9 Å². The van der Waals surface area contributed by atoms with Crippen molar-refractivity contribution in [1.82, 2.24) is 9.88 Å². The topological polar surface area (TPSA) is 26.2 Å². The summed E-state index contributed by atoms with van der Waals surface area (Å²) < 4.78 is 7.78. The van der Waals surface area contributed by atoms with Crippen LogP contribution in [0.1, 0.15) is 32.8 Å². The van der Waals surface area contributed by atoms with Crippen molar-refractivity contribution in [1.29, 1.82) is 0 Å². The molecular weight excluding hydrogens is 248 g/mol. The van der Waals surface area contributed by atoms with Gasteiger partial charge in [-0.05, 0) is 25.0 Å². The van der Waals surface area contributed by atoms with E-state index in [0.29, 0.717) is 6.04 Å². The van der Waals surface area contributed by atoms with Gasteiger partial charge in [0.05, 0.1) is 0 Å². The fraction of sp³-hybridized carbons (Fsp3) is 0.529. The predicted octanol–water partition coefficient (Wildman–Crippen LogP) is 3.57. The second-order valence-electron chi connectivity index (χ2n) is 5.45. The monoisotopic (exact) mass is 274 g/mol. The number of hydrogen-bond donors (Lipinski definition) is 1. The summed E-state index contributed by atoms with van der Waals surface area (Å²) in [6, 6.07) is 9.16. The molecule has 1 aromatic heterocycles. The lowest BCUT2D eigenvalue weighted by Crippen LogP contribution is -2.21. The number of hydrogen-bond acceptors (Lipinski definition) is 2. The molecule has 1 aromatic carbocycles. The zero-order valence-corrected chi connectivity index (χ0v) is 12.9. The number of nitrogens with one attached hydrogen (secondary N) is 1. The first-order chi connectivity index (χ1) is 9.72. The quantitative estimate of drug-likeness (QED) is 0.745. The minimum Gasteiger partial charge on any atom is -0.382 e. The fourth-order valence-electron chi connectivity index (χ4n) is 2.44. The molecule has 0 bridgehead atoms. The van der Waals surface area contributed by atoms with Crippen LogP contribution < -0.4 is 5.32 Å². The summed E-state index contributed by atoms with van der Waals surface area (Å²) in [5, 5.41) is 4.86. The van der Waals surface area contributed by atoms with Gasteiger partial charge in [-0.1, -0.05) is 32.0 Å². The lowest BCUT2D eigenvalue weighted by Gasteiger charge is -2.06. The molecule has 0 saturated carbocycles. The standard InChI is InChI=1S/C17H26N2O/c1-4-20-11-7-10-19-13-15(12-18-14(2)3)16-8-5-6-9-17(16)19/h5-6,8-9,13-14,18H,4,7,10-12H2,1-3H3. The molecule has 110 valence electrons. The molecule has 0 aliphatic rings. The van der Waals surface area contributed by atoms with Crippen molar-refractivity contribution in [3.8, 4) is 0 Å². The third kappa shape index (κ3) is 3.84. The molecule has 0 unspecified atom stereocenters. The largest absolute Gasteiger partial charge is 0.382 e. The van der Waals surface area contributed by atoms with E-state index >= 15 is 0 Å². The summed E-state index contributed by atoms with van der Waals surface area (Å²) in [5.41, 5.74) is 2.70. The summed E-state index contributed by atoms with van der Waals surface area (Å²) in [6.07, 6.45) is 3.34. The molecule has 20 heavy (non-hydrogen) atoms. The number of rotatable bonds is 8. The predicted molar refractivity (Wildman–Crippen MR) is 85.0 cm³/mol. The van der Waals surface area contributed by atoms with Gasteiger partial charge in [0.15, 0.2) is 0 Å². The fourth-order valence-corrected chi connectivity index (χ4v) is 2.44. The molecule has 3 heteroatoms. The summed E-state index contributed by atoms with van der Waals surface area (Å²) in [6.45, 7) is 9.99. The molecule has 3 nitrogen and oxygen atoms in total. The molecule has 0 saturated heterocycles. The Morgan fingerprint density at radius 3 is 2.80 bits per heavy atom. The van der Waals surface area contributed by atoms with Gasteiger partial charge in [-0.2, -0.15) is 0 Å². The molecule has 0 aliphatic carbocycles. The second-order valence-corrected chi connectivity index (χ2v) is 5.45. The van der Waals surface area contributed by atoms with Crippen molar-refractivity contribution in [2.45, 2.75) is 46.3 Å². The molecule has 0 radical (unpaired) electrons. The van der Waals surface area contributed by atoms with Crippen molar-refractivity contribution in [3.63, 3.8) is 0 Å². The molecule has 2 rings (SSSR count). The molecule has 0 atom stereocenters. The average Bonchev–Trinajstić information content (AvgIpc) is 2.80. The van der Waals surface area contributed by atoms with E-state index in [2.05, 4.69) is 54.2 Å². The minimum absolute atomic E-state index is 0.509. The van der Waals surface area contributed by atoms with Crippen LogP contribution in [0.4, 0.5) is 0 Å². The summed E-state index contributed by atoms with van der Waals surface area (Å²) in [5.74, 6) is 0. The Balaban J connectivity index is 2.13. The van der Waals surface area contributed by atoms with E-state index in [1.54, 1.807) is 0 Å². The van der Waals surface area contributed by atoms with E-state index < -0.39 is 0 Å². The van der Waals surface area contributed by atoms with Crippen molar-refractivity contribution in [2.75, 3.05) is 13.2 Å². The molecule has 2 aromatic rings. The minimum atomic E-state index is 0.509. The lowest BCUT2D eigenvalue weighted by atomic mass is 10.2. The highest BCUT2D eigenvalue weighted by molar-refractivity contribution is 5.83. The number of fused-ring (bicyclic) bond motifs is 1. The van der Waals surface area contributed by atoms with Gasteiger partial charge >= 0.3 is 0 Å². The molecule has 0 fully saturated rings. The van der Waals surface area contributed by atoms with Gasteiger partial charge in [-0.25, -0.2) is 0 Å². The summed E-state index contributed by atoms with van der Waals surface area (Å²) in [7, 11) is 0. The number of para-hydroxylation sites is 1. The first-order valence-corrected chi connectivity index (χ1v) is 7.60. The Kier molecular flexibility index (Phi) is 5.62. The number of nitrogens with zero attached hydrogens (tertiary/aromatic N) is 1. The van der Waals surface area contributed by atoms with Crippen molar-refractivity contribution in [3.05, 3.63) is 36.0 Å². The van der Waals surface area contributed by atoms with Gasteiger partial charge < -0.3 is 14.6 Å². The maximum Gasteiger partial charge on any atom is 0.0483 e. The van der Waals surface area contributed by atoms with Crippen LogP contribution in [0.5, 0.6) is 0 Å². The Labute approximate surface area is 121 Å². The molecular formula is C17H26N2O. The molecule has 0 aliphatic heterocycles. The summed E-state index contributed by atoms with van der Waals surface area (Å²) >= 11 is 0. The first-order valence-electron chi connectivity index (χ1n) is 7.60. The second kappa shape index (κ2) is 7.46. The molecule has 1 N–H and O–H groups in total. The van der Waals surface area contributed by atoms with E-state index in [0.717, 1.165) is 32.7 Å². The van der Waals surface area contributed by atoms with Gasteiger partial charge in [-0.15, -0.1) is 0 Å². The Hall–Kier alpha value is -1.32. The van der Waals surface area contributed by atoms with Crippen LogP contribution in [0.15, 0.2) is 30.5 Å². The van der Waals surface area contributed by atoms with E-state index in [1.165, 1.54) is 16.5 Å². The molecule has 1 heterocycles. The van der Waals surface area contributed by atoms with Gasteiger partial charge in [0.1, 0.15) is 0 Å². The Morgan fingerprint density at radius 2 is 2.05 bits per heavy atom. The van der Waals surface area contributed by atoms with E-state index in [4.69, 9.17) is 4.74 Å². The van der Waals surface area contributed by atoms with Gasteiger partial charge in [0.25, 0.3) is 0 Å². The Morgan fingerprint density at radius 1 is 1.25 bits per heavy atom. The van der Waals surface area contributed by atoms with E-state index in [9.17, 15) is 0 Å². The number of ether oxygens (including phenoxy) is 1. The number of benzene rings is 1. The maximum atomic E-state index is 5.43. The zero-order valence-electron chi connectivity index (χ0n) is 12.9. The smallest absolute Gasteiger partial charge is 0.0483 e. The van der Waals surface area contributed by atoms with Crippen molar-refractivity contribution in [2.24, 2.45) is 0 Å².